The maximum Gasteiger partial charge on any atom is 0.344 e. The molecule has 3 aromatic carbocycles. The molecule has 5 aromatic rings. The van der Waals surface area contributed by atoms with Gasteiger partial charge in [-0.3, -0.25) is 0 Å². The standard InChI is InChI=1S/C28H17N3O3S/c29-15-20-23(24-25(34-26(20)30)18-11-5-7-13-22(18)33-28(24)32)19-14-16-8-4-6-12-21(16)31-27(19)35-17-9-2-1-3-10-17/h1-14,23H,30H2. The van der Waals surface area contributed by atoms with Crippen LogP contribution in [0.5, 0.6) is 5.75 Å². The number of hydrogen-bond acceptors (Lipinski definition) is 7. The summed E-state index contributed by atoms with van der Waals surface area (Å²) in [6.07, 6.45) is 0. The first-order valence-electron chi connectivity index (χ1n) is 10.9. The predicted molar refractivity (Wildman–Crippen MR) is 134 cm³/mol. The number of aromatic nitrogens is 1. The van der Waals surface area contributed by atoms with E-state index in [0.29, 0.717) is 27.3 Å². The summed E-state index contributed by atoms with van der Waals surface area (Å²) in [4.78, 5) is 19.2. The van der Waals surface area contributed by atoms with E-state index < -0.39 is 11.5 Å². The number of pyridine rings is 1. The molecule has 0 amide bonds. The molecule has 6 rings (SSSR count). The van der Waals surface area contributed by atoms with Crippen molar-refractivity contribution < 1.29 is 9.15 Å². The zero-order chi connectivity index (χ0) is 23.9. The summed E-state index contributed by atoms with van der Waals surface area (Å²) in [5, 5.41) is 12.2. The monoisotopic (exact) mass is 475 g/mol. The normalized spacial score (nSPS) is 15.0. The van der Waals surface area contributed by atoms with Crippen molar-refractivity contribution in [3.8, 4) is 11.8 Å². The van der Waals surface area contributed by atoms with Crippen molar-refractivity contribution in [3.63, 3.8) is 0 Å². The number of nitriles is 1. The second kappa shape index (κ2) is 8.35. The molecule has 0 spiro atoms. The Balaban J connectivity index is 1.67. The number of benzene rings is 3. The summed E-state index contributed by atoms with van der Waals surface area (Å²) in [6, 6.07) is 28.8. The van der Waals surface area contributed by atoms with Gasteiger partial charge in [0.2, 0.25) is 5.88 Å². The van der Waals surface area contributed by atoms with E-state index in [9.17, 15) is 10.1 Å². The van der Waals surface area contributed by atoms with Gasteiger partial charge in [0, 0.05) is 10.3 Å². The highest BCUT2D eigenvalue weighted by Gasteiger charge is 2.37. The lowest BCUT2D eigenvalue weighted by molar-refractivity contribution is 0.387. The molecule has 1 atom stereocenters. The van der Waals surface area contributed by atoms with Gasteiger partial charge in [-0.1, -0.05) is 60.3 Å². The van der Waals surface area contributed by atoms with Crippen molar-refractivity contribution in [2.24, 2.45) is 5.73 Å². The number of para-hydroxylation sites is 2. The van der Waals surface area contributed by atoms with Crippen molar-refractivity contribution in [2.75, 3.05) is 0 Å². The number of fused-ring (bicyclic) bond motifs is 4. The molecule has 35 heavy (non-hydrogen) atoms. The van der Waals surface area contributed by atoms with E-state index in [0.717, 1.165) is 15.8 Å². The number of nitrogens with two attached hydrogens (primary N) is 1. The van der Waals surface area contributed by atoms with E-state index >= 15 is 0 Å². The molecule has 1 aliphatic heterocycles. The topological polar surface area (TPSA) is 102 Å². The molecular weight excluding hydrogens is 458 g/mol. The highest BCUT2D eigenvalue weighted by atomic mass is 32.2. The lowest BCUT2D eigenvalue weighted by Gasteiger charge is -2.27. The Morgan fingerprint density at radius 2 is 1.71 bits per heavy atom. The minimum absolute atomic E-state index is 0.0374. The fraction of sp³-hybridized carbons (Fsp3) is 0.0357. The SMILES string of the molecule is N#CC1=C(N)Oc2c(c(=O)oc3ccccc23)C1c1cc2ccccc2nc1Sc1ccccc1. The third-order valence-corrected chi connectivity index (χ3v) is 6.99. The van der Waals surface area contributed by atoms with Crippen molar-refractivity contribution in [1.82, 2.24) is 4.98 Å². The van der Waals surface area contributed by atoms with Gasteiger partial charge in [0.15, 0.2) is 5.75 Å². The number of allylic oxidation sites excluding steroid dienone is 1. The average molecular weight is 476 g/mol. The lowest BCUT2D eigenvalue weighted by atomic mass is 9.84. The van der Waals surface area contributed by atoms with Crippen LogP contribution >= 0.6 is 11.8 Å². The molecule has 0 aliphatic carbocycles. The molecule has 7 heteroatoms. The van der Waals surface area contributed by atoms with Crippen LogP contribution in [0.3, 0.4) is 0 Å². The summed E-state index contributed by atoms with van der Waals surface area (Å²) in [5.74, 6) is -0.528. The van der Waals surface area contributed by atoms with E-state index in [4.69, 9.17) is 19.9 Å². The van der Waals surface area contributed by atoms with Gasteiger partial charge in [0.05, 0.1) is 22.4 Å². The fourth-order valence-corrected chi connectivity index (χ4v) is 5.34. The minimum atomic E-state index is -0.798. The Hall–Kier alpha value is -4.54. The third kappa shape index (κ3) is 3.52. The average Bonchev–Trinajstić information content (AvgIpc) is 2.88. The van der Waals surface area contributed by atoms with Crippen molar-refractivity contribution >= 4 is 33.6 Å². The van der Waals surface area contributed by atoms with Gasteiger partial charge in [-0.25, -0.2) is 9.78 Å². The van der Waals surface area contributed by atoms with Gasteiger partial charge in [-0.05, 0) is 42.0 Å². The Morgan fingerprint density at radius 3 is 2.54 bits per heavy atom. The van der Waals surface area contributed by atoms with Gasteiger partial charge < -0.3 is 14.9 Å². The highest BCUT2D eigenvalue weighted by molar-refractivity contribution is 7.99. The summed E-state index contributed by atoms with van der Waals surface area (Å²) in [7, 11) is 0. The fourth-order valence-electron chi connectivity index (χ4n) is 4.38. The maximum absolute atomic E-state index is 13.3. The Bertz CT molecular complexity index is 1750. The first-order valence-corrected chi connectivity index (χ1v) is 11.7. The zero-order valence-corrected chi connectivity index (χ0v) is 19.1. The largest absolute Gasteiger partial charge is 0.439 e. The Kier molecular flexibility index (Phi) is 5.02. The van der Waals surface area contributed by atoms with Crippen LogP contribution in [0.2, 0.25) is 0 Å². The van der Waals surface area contributed by atoms with Crippen LogP contribution in [0.4, 0.5) is 0 Å². The van der Waals surface area contributed by atoms with Gasteiger partial charge in [0.25, 0.3) is 0 Å². The number of rotatable bonds is 3. The molecule has 0 radical (unpaired) electrons. The van der Waals surface area contributed by atoms with Crippen molar-refractivity contribution in [3.05, 3.63) is 118 Å². The molecule has 0 fully saturated rings. The van der Waals surface area contributed by atoms with Crippen LogP contribution in [-0.4, -0.2) is 4.98 Å². The number of nitrogens with zero attached hydrogens (tertiary/aromatic N) is 2. The van der Waals surface area contributed by atoms with Crippen molar-refractivity contribution in [2.45, 2.75) is 15.8 Å². The Morgan fingerprint density at radius 1 is 0.971 bits per heavy atom. The molecule has 6 nitrogen and oxygen atoms in total. The minimum Gasteiger partial charge on any atom is -0.439 e. The summed E-state index contributed by atoms with van der Waals surface area (Å²) < 4.78 is 11.5. The molecule has 168 valence electrons. The van der Waals surface area contributed by atoms with Crippen LogP contribution in [0.15, 0.2) is 116 Å². The summed E-state index contributed by atoms with van der Waals surface area (Å²) in [6.45, 7) is 0. The first-order chi connectivity index (χ1) is 17.1. The predicted octanol–water partition coefficient (Wildman–Crippen LogP) is 5.71. The third-order valence-electron chi connectivity index (χ3n) is 5.96. The molecular formula is C28H17N3O3S. The van der Waals surface area contributed by atoms with E-state index in [-0.39, 0.29) is 17.0 Å². The molecule has 0 saturated carbocycles. The quantitative estimate of drug-likeness (QED) is 0.333. The van der Waals surface area contributed by atoms with E-state index in [2.05, 4.69) is 6.07 Å². The van der Waals surface area contributed by atoms with E-state index in [1.165, 1.54) is 11.8 Å². The molecule has 1 aliphatic rings. The van der Waals surface area contributed by atoms with Crippen LogP contribution in [0.1, 0.15) is 17.0 Å². The molecule has 2 N–H and O–H groups in total. The van der Waals surface area contributed by atoms with Crippen LogP contribution in [-0.2, 0) is 0 Å². The number of hydrogen-bond donors (Lipinski definition) is 1. The van der Waals surface area contributed by atoms with Gasteiger partial charge in [-0.15, -0.1) is 0 Å². The molecule has 0 bridgehead atoms. The van der Waals surface area contributed by atoms with E-state index in [1.54, 1.807) is 18.2 Å². The van der Waals surface area contributed by atoms with Crippen LogP contribution in [0.25, 0.3) is 21.9 Å². The second-order valence-electron chi connectivity index (χ2n) is 8.04. The van der Waals surface area contributed by atoms with Gasteiger partial charge >= 0.3 is 5.63 Å². The lowest BCUT2D eigenvalue weighted by Crippen LogP contribution is -2.26. The highest BCUT2D eigenvalue weighted by Crippen LogP contribution is 2.46. The molecule has 1 unspecified atom stereocenters. The molecule has 3 heterocycles. The first kappa shape index (κ1) is 21.0. The molecule has 0 saturated heterocycles. The van der Waals surface area contributed by atoms with Crippen LogP contribution in [0, 0.1) is 11.3 Å². The second-order valence-corrected chi connectivity index (χ2v) is 9.11. The summed E-state index contributed by atoms with van der Waals surface area (Å²) >= 11 is 1.46. The van der Waals surface area contributed by atoms with Gasteiger partial charge in [-0.2, -0.15) is 5.26 Å². The van der Waals surface area contributed by atoms with Gasteiger partial charge in [0.1, 0.15) is 22.3 Å². The smallest absolute Gasteiger partial charge is 0.344 e. The number of ether oxygens (including phenoxy) is 1. The zero-order valence-electron chi connectivity index (χ0n) is 18.3. The Labute approximate surface area is 204 Å². The van der Waals surface area contributed by atoms with E-state index in [1.807, 2.05) is 66.7 Å². The molecule has 2 aromatic heterocycles. The summed E-state index contributed by atoms with van der Waals surface area (Å²) in [5.41, 5.74) is 7.95. The maximum atomic E-state index is 13.3. The van der Waals surface area contributed by atoms with Crippen molar-refractivity contribution in [1.29, 1.82) is 5.26 Å². The van der Waals surface area contributed by atoms with Crippen LogP contribution < -0.4 is 16.1 Å².